The van der Waals surface area contributed by atoms with Gasteiger partial charge in [-0.15, -0.1) is 0 Å². The Balaban J connectivity index is 2.91. The first-order valence-electron chi connectivity index (χ1n) is 4.48. The Bertz CT molecular complexity index is 349. The van der Waals surface area contributed by atoms with Crippen LogP contribution in [0.4, 0.5) is 13.2 Å². The standard InChI is InChI=1S/C11H12F3N/c1-8(7-15)6-9-2-4-10(5-3-9)11(12,13)14/h2-6H,7,15H2,1H3. The molecule has 15 heavy (non-hydrogen) atoms. The highest BCUT2D eigenvalue weighted by molar-refractivity contribution is 5.53. The summed E-state index contributed by atoms with van der Waals surface area (Å²) in [5, 5.41) is 0. The average Bonchev–Trinajstić information content (AvgIpc) is 2.17. The van der Waals surface area contributed by atoms with Crippen LogP contribution in [-0.4, -0.2) is 6.54 Å². The van der Waals surface area contributed by atoms with Crippen LogP contribution in [0.1, 0.15) is 18.1 Å². The molecular weight excluding hydrogens is 203 g/mol. The Labute approximate surface area is 86.4 Å². The van der Waals surface area contributed by atoms with E-state index in [1.165, 1.54) is 12.1 Å². The minimum atomic E-state index is -4.27. The lowest BCUT2D eigenvalue weighted by Crippen LogP contribution is -2.04. The van der Waals surface area contributed by atoms with Gasteiger partial charge >= 0.3 is 6.18 Å². The molecule has 1 aromatic carbocycles. The maximum Gasteiger partial charge on any atom is 0.416 e. The topological polar surface area (TPSA) is 26.0 Å². The minimum Gasteiger partial charge on any atom is -0.327 e. The number of rotatable bonds is 2. The van der Waals surface area contributed by atoms with Crippen LogP contribution in [0.5, 0.6) is 0 Å². The average molecular weight is 215 g/mol. The van der Waals surface area contributed by atoms with Gasteiger partial charge in [-0.25, -0.2) is 0 Å². The van der Waals surface area contributed by atoms with Gasteiger partial charge in [0.05, 0.1) is 5.56 Å². The van der Waals surface area contributed by atoms with Crippen molar-refractivity contribution in [3.63, 3.8) is 0 Å². The molecule has 0 radical (unpaired) electrons. The van der Waals surface area contributed by atoms with E-state index in [2.05, 4.69) is 0 Å². The molecule has 0 aliphatic carbocycles. The van der Waals surface area contributed by atoms with Gasteiger partial charge in [-0.1, -0.05) is 23.8 Å². The lowest BCUT2D eigenvalue weighted by molar-refractivity contribution is -0.137. The zero-order valence-electron chi connectivity index (χ0n) is 8.31. The highest BCUT2D eigenvalue weighted by Gasteiger charge is 2.29. The Hall–Kier alpha value is -1.29. The molecule has 1 rings (SSSR count). The lowest BCUT2D eigenvalue weighted by atomic mass is 10.1. The van der Waals surface area contributed by atoms with Gasteiger partial charge in [0.2, 0.25) is 0 Å². The van der Waals surface area contributed by atoms with Crippen molar-refractivity contribution in [2.45, 2.75) is 13.1 Å². The zero-order chi connectivity index (χ0) is 11.5. The molecule has 0 aliphatic rings. The summed E-state index contributed by atoms with van der Waals surface area (Å²) in [6.45, 7) is 2.23. The molecule has 0 aliphatic heterocycles. The molecule has 82 valence electrons. The molecule has 0 heterocycles. The molecule has 0 unspecified atom stereocenters. The van der Waals surface area contributed by atoms with Crippen molar-refractivity contribution < 1.29 is 13.2 Å². The Morgan fingerprint density at radius 3 is 2.20 bits per heavy atom. The first-order chi connectivity index (χ1) is 6.93. The molecule has 1 aromatic rings. The number of alkyl halides is 3. The van der Waals surface area contributed by atoms with Crippen molar-refractivity contribution in [2.75, 3.05) is 6.54 Å². The van der Waals surface area contributed by atoms with E-state index in [4.69, 9.17) is 5.73 Å². The van der Waals surface area contributed by atoms with Crippen molar-refractivity contribution in [3.05, 3.63) is 41.0 Å². The number of hydrogen-bond donors (Lipinski definition) is 1. The minimum absolute atomic E-state index is 0.404. The molecule has 0 saturated heterocycles. The second-order valence-corrected chi connectivity index (χ2v) is 3.31. The molecular formula is C11H12F3N. The Morgan fingerprint density at radius 2 is 1.80 bits per heavy atom. The summed E-state index contributed by atoms with van der Waals surface area (Å²) in [6, 6.07) is 5.00. The summed E-state index contributed by atoms with van der Waals surface area (Å²) >= 11 is 0. The normalized spacial score (nSPS) is 13.0. The van der Waals surface area contributed by atoms with Crippen LogP contribution in [0.15, 0.2) is 29.8 Å². The van der Waals surface area contributed by atoms with Gasteiger partial charge in [0, 0.05) is 6.54 Å². The van der Waals surface area contributed by atoms with Gasteiger partial charge < -0.3 is 5.73 Å². The monoisotopic (exact) mass is 215 g/mol. The van der Waals surface area contributed by atoms with Crippen LogP contribution in [-0.2, 0) is 6.18 Å². The molecule has 0 fully saturated rings. The Kier molecular flexibility index (Phi) is 3.52. The van der Waals surface area contributed by atoms with Crippen molar-refractivity contribution in [1.82, 2.24) is 0 Å². The molecule has 0 amide bonds. The predicted octanol–water partition coefficient (Wildman–Crippen LogP) is 3.07. The van der Waals surface area contributed by atoms with E-state index in [-0.39, 0.29) is 0 Å². The molecule has 0 atom stereocenters. The van der Waals surface area contributed by atoms with Gasteiger partial charge in [0.15, 0.2) is 0 Å². The van der Waals surface area contributed by atoms with Gasteiger partial charge in [-0.2, -0.15) is 13.2 Å². The molecule has 0 spiro atoms. The summed E-state index contributed by atoms with van der Waals surface area (Å²) in [5.41, 5.74) is 6.39. The second-order valence-electron chi connectivity index (χ2n) is 3.31. The van der Waals surface area contributed by atoms with E-state index in [1.807, 2.05) is 6.92 Å². The summed E-state index contributed by atoms with van der Waals surface area (Å²) in [6.07, 6.45) is -2.51. The molecule has 0 saturated carbocycles. The number of nitrogens with two attached hydrogens (primary N) is 1. The van der Waals surface area contributed by atoms with E-state index >= 15 is 0 Å². The first kappa shape index (κ1) is 11.8. The van der Waals surface area contributed by atoms with Crippen molar-refractivity contribution >= 4 is 6.08 Å². The predicted molar refractivity (Wildman–Crippen MR) is 54.1 cm³/mol. The highest BCUT2D eigenvalue weighted by Crippen LogP contribution is 2.29. The summed E-state index contributed by atoms with van der Waals surface area (Å²) < 4.78 is 36.6. The number of benzene rings is 1. The fraction of sp³-hybridized carbons (Fsp3) is 0.273. The second kappa shape index (κ2) is 4.49. The van der Waals surface area contributed by atoms with Gasteiger partial charge in [0.25, 0.3) is 0 Å². The fourth-order valence-electron chi connectivity index (χ4n) is 1.11. The van der Waals surface area contributed by atoms with Crippen LogP contribution in [0.3, 0.4) is 0 Å². The van der Waals surface area contributed by atoms with E-state index in [1.54, 1.807) is 6.08 Å². The van der Waals surface area contributed by atoms with E-state index < -0.39 is 11.7 Å². The lowest BCUT2D eigenvalue weighted by Gasteiger charge is -2.06. The Morgan fingerprint density at radius 1 is 1.27 bits per heavy atom. The van der Waals surface area contributed by atoms with Gasteiger partial charge in [-0.3, -0.25) is 0 Å². The van der Waals surface area contributed by atoms with Gasteiger partial charge in [-0.05, 0) is 24.6 Å². The third kappa shape index (κ3) is 3.40. The first-order valence-corrected chi connectivity index (χ1v) is 4.48. The summed E-state index contributed by atoms with van der Waals surface area (Å²) in [7, 11) is 0. The van der Waals surface area contributed by atoms with Crippen LogP contribution < -0.4 is 5.73 Å². The van der Waals surface area contributed by atoms with E-state index in [9.17, 15) is 13.2 Å². The molecule has 0 aromatic heterocycles. The molecule has 2 N–H and O–H groups in total. The van der Waals surface area contributed by atoms with Crippen LogP contribution in [0, 0.1) is 0 Å². The summed E-state index contributed by atoms with van der Waals surface area (Å²) in [4.78, 5) is 0. The maximum atomic E-state index is 12.2. The van der Waals surface area contributed by atoms with Crippen LogP contribution in [0.2, 0.25) is 0 Å². The van der Waals surface area contributed by atoms with Gasteiger partial charge in [0.1, 0.15) is 0 Å². The van der Waals surface area contributed by atoms with Crippen LogP contribution >= 0.6 is 0 Å². The quantitative estimate of drug-likeness (QED) is 0.806. The van der Waals surface area contributed by atoms with Crippen molar-refractivity contribution in [2.24, 2.45) is 5.73 Å². The van der Waals surface area contributed by atoms with Crippen molar-refractivity contribution in [1.29, 1.82) is 0 Å². The smallest absolute Gasteiger partial charge is 0.327 e. The van der Waals surface area contributed by atoms with E-state index in [0.717, 1.165) is 23.3 Å². The van der Waals surface area contributed by atoms with Crippen LogP contribution in [0.25, 0.3) is 6.08 Å². The fourth-order valence-corrected chi connectivity index (χ4v) is 1.11. The van der Waals surface area contributed by atoms with E-state index in [0.29, 0.717) is 6.54 Å². The third-order valence-electron chi connectivity index (χ3n) is 1.97. The zero-order valence-corrected chi connectivity index (χ0v) is 8.31. The highest BCUT2D eigenvalue weighted by atomic mass is 19.4. The summed E-state index contributed by atoms with van der Waals surface area (Å²) in [5.74, 6) is 0. The number of halogens is 3. The largest absolute Gasteiger partial charge is 0.416 e. The molecule has 1 nitrogen and oxygen atoms in total. The molecule has 4 heteroatoms. The van der Waals surface area contributed by atoms with Crippen molar-refractivity contribution in [3.8, 4) is 0 Å². The third-order valence-corrected chi connectivity index (χ3v) is 1.97. The SMILES string of the molecule is CC(=Cc1ccc(C(F)(F)F)cc1)CN. The maximum absolute atomic E-state index is 12.2. The molecule has 0 bridgehead atoms. The number of hydrogen-bond acceptors (Lipinski definition) is 1.